The van der Waals surface area contributed by atoms with Gasteiger partial charge in [0.2, 0.25) is 9.84 Å². The maximum Gasteiger partial charge on any atom is 0.341 e. The van der Waals surface area contributed by atoms with E-state index in [9.17, 15) is 22.0 Å². The number of rotatable bonds is 5. The van der Waals surface area contributed by atoms with Crippen LogP contribution in [0.1, 0.15) is 12.7 Å². The van der Waals surface area contributed by atoms with Crippen LogP contribution in [-0.2, 0) is 25.8 Å². The quantitative estimate of drug-likeness (QED) is 0.757. The number of hydrogen-bond donors (Lipinski definition) is 0. The van der Waals surface area contributed by atoms with Crippen LogP contribution < -0.4 is 0 Å². The van der Waals surface area contributed by atoms with Gasteiger partial charge in [-0.15, -0.1) is 10.2 Å². The summed E-state index contributed by atoms with van der Waals surface area (Å²) in [4.78, 5) is 14.7. The first-order chi connectivity index (χ1) is 10.3. The van der Waals surface area contributed by atoms with E-state index in [4.69, 9.17) is 4.74 Å². The van der Waals surface area contributed by atoms with Crippen molar-refractivity contribution >= 4 is 26.8 Å². The number of sulfone groups is 1. The van der Waals surface area contributed by atoms with E-state index in [0.717, 1.165) is 12.1 Å². The van der Waals surface area contributed by atoms with Crippen LogP contribution in [0, 0.1) is 0 Å². The van der Waals surface area contributed by atoms with Gasteiger partial charge in [-0.05, 0) is 25.1 Å². The lowest BCUT2D eigenvalue weighted by atomic mass is 10.3. The highest BCUT2D eigenvalue weighted by molar-refractivity contribution is 7.91. The van der Waals surface area contributed by atoms with E-state index in [-0.39, 0.29) is 29.9 Å². The molecule has 0 amide bonds. The first kappa shape index (κ1) is 16.1. The summed E-state index contributed by atoms with van der Waals surface area (Å²) >= 11 is 0. The number of benzene rings is 1. The summed E-state index contributed by atoms with van der Waals surface area (Å²) in [5.41, 5.74) is 0.275. The van der Waals surface area contributed by atoms with Crippen molar-refractivity contribution in [1.82, 2.24) is 15.2 Å². The maximum absolute atomic E-state index is 12.5. The van der Waals surface area contributed by atoms with E-state index in [1.807, 2.05) is 0 Å². The van der Waals surface area contributed by atoms with Gasteiger partial charge >= 0.3 is 11.7 Å². The largest absolute Gasteiger partial charge is 0.466 e. The van der Waals surface area contributed by atoms with Gasteiger partial charge in [0.15, 0.2) is 5.82 Å². The molecule has 1 heterocycles. The second kappa shape index (κ2) is 6.26. The third-order valence-electron chi connectivity index (χ3n) is 2.64. The molecule has 0 aliphatic heterocycles. The number of esters is 1. The Bertz CT molecular complexity index is 811. The van der Waals surface area contributed by atoms with Crippen molar-refractivity contribution in [2.75, 3.05) is 6.61 Å². The Labute approximate surface area is 124 Å². The van der Waals surface area contributed by atoms with Crippen molar-refractivity contribution in [3.8, 4) is 0 Å². The minimum Gasteiger partial charge on any atom is -0.466 e. The number of aromatic nitrogens is 3. The van der Waals surface area contributed by atoms with E-state index in [1.165, 1.54) is 6.07 Å². The molecule has 0 saturated heterocycles. The molecule has 2 aromatic rings. The molecule has 1 aromatic carbocycles. The molecule has 10 heteroatoms. The Morgan fingerprint density at radius 3 is 2.64 bits per heavy atom. The number of ether oxygens (including phenoxy) is 1. The average Bonchev–Trinajstić information content (AvgIpc) is 2.46. The number of alkyl halides is 2. The zero-order valence-electron chi connectivity index (χ0n) is 11.4. The molecule has 0 radical (unpaired) electrons. The fourth-order valence-electron chi connectivity index (χ4n) is 1.65. The summed E-state index contributed by atoms with van der Waals surface area (Å²) in [6.07, 6.45) is -0.247. The average molecular weight is 331 g/mol. The molecule has 22 heavy (non-hydrogen) atoms. The fourth-order valence-corrected chi connectivity index (χ4v) is 2.39. The summed E-state index contributed by atoms with van der Waals surface area (Å²) in [6.45, 7) is 1.83. The van der Waals surface area contributed by atoms with Crippen molar-refractivity contribution in [1.29, 1.82) is 0 Å². The first-order valence-corrected chi connectivity index (χ1v) is 7.70. The normalized spacial score (nSPS) is 11.8. The summed E-state index contributed by atoms with van der Waals surface area (Å²) in [5, 5.41) is 7.46. The highest BCUT2D eigenvalue weighted by atomic mass is 32.2. The monoisotopic (exact) mass is 331 g/mol. The van der Waals surface area contributed by atoms with Gasteiger partial charge in [-0.25, -0.2) is 13.4 Å². The second-order valence-electron chi connectivity index (χ2n) is 4.17. The molecule has 0 bridgehead atoms. The SMILES string of the molecule is CCOC(=O)Cc1nnc2ccc(S(=O)(=O)C(F)F)cc2n1. The molecule has 1 aromatic heterocycles. The van der Waals surface area contributed by atoms with Gasteiger partial charge in [-0.3, -0.25) is 4.79 Å². The summed E-state index contributed by atoms with van der Waals surface area (Å²) < 4.78 is 52.7. The Kier molecular flexibility index (Phi) is 4.59. The zero-order chi connectivity index (χ0) is 16.3. The Balaban J connectivity index is 2.41. The lowest BCUT2D eigenvalue weighted by molar-refractivity contribution is -0.142. The summed E-state index contributed by atoms with van der Waals surface area (Å²) in [5.74, 6) is -4.09. The smallest absolute Gasteiger partial charge is 0.341 e. The molecule has 0 saturated carbocycles. The molecule has 7 nitrogen and oxygen atoms in total. The molecule has 0 unspecified atom stereocenters. The fraction of sp³-hybridized carbons (Fsp3) is 0.333. The summed E-state index contributed by atoms with van der Waals surface area (Å²) in [6, 6.07) is 3.20. The van der Waals surface area contributed by atoms with Gasteiger partial charge in [0.25, 0.3) is 0 Å². The molecule has 0 fully saturated rings. The van der Waals surface area contributed by atoms with Crippen LogP contribution in [0.15, 0.2) is 23.1 Å². The van der Waals surface area contributed by atoms with Crippen molar-refractivity contribution in [2.45, 2.75) is 24.0 Å². The molecule has 2 rings (SSSR count). The van der Waals surface area contributed by atoms with Crippen LogP contribution in [0.4, 0.5) is 8.78 Å². The van der Waals surface area contributed by atoms with Crippen molar-refractivity contribution < 1.29 is 26.7 Å². The van der Waals surface area contributed by atoms with Crippen molar-refractivity contribution in [3.05, 3.63) is 24.0 Å². The molecule has 0 N–H and O–H groups in total. The van der Waals surface area contributed by atoms with Crippen LogP contribution >= 0.6 is 0 Å². The minimum atomic E-state index is -4.73. The summed E-state index contributed by atoms with van der Waals surface area (Å²) in [7, 11) is -4.73. The minimum absolute atomic E-state index is 0.0116. The third kappa shape index (κ3) is 3.32. The van der Waals surface area contributed by atoms with Crippen molar-refractivity contribution in [3.63, 3.8) is 0 Å². The highest BCUT2D eigenvalue weighted by Crippen LogP contribution is 2.21. The van der Waals surface area contributed by atoms with Gasteiger partial charge < -0.3 is 4.74 Å². The standard InChI is InChI=1S/C12H11F2N3O4S/c1-2-21-11(18)6-10-15-9-5-7(22(19,20)12(13)14)3-4-8(9)16-17-10/h3-5,12H,2,6H2,1H3. The molecular weight excluding hydrogens is 320 g/mol. The van der Waals surface area contributed by atoms with E-state index >= 15 is 0 Å². The second-order valence-corrected chi connectivity index (χ2v) is 6.08. The van der Waals surface area contributed by atoms with Gasteiger partial charge in [-0.1, -0.05) is 0 Å². The number of carbonyl (C=O) groups is 1. The number of nitrogens with zero attached hydrogens (tertiary/aromatic N) is 3. The zero-order valence-corrected chi connectivity index (χ0v) is 12.2. The van der Waals surface area contributed by atoms with Gasteiger partial charge in [-0.2, -0.15) is 8.78 Å². The maximum atomic E-state index is 12.5. The highest BCUT2D eigenvalue weighted by Gasteiger charge is 2.27. The number of hydrogen-bond acceptors (Lipinski definition) is 7. The molecule has 0 aliphatic carbocycles. The molecular formula is C12H11F2N3O4S. The van der Waals surface area contributed by atoms with Crippen LogP contribution in [0.2, 0.25) is 0 Å². The van der Waals surface area contributed by atoms with Crippen LogP contribution in [-0.4, -0.2) is 41.9 Å². The van der Waals surface area contributed by atoms with E-state index < -0.39 is 26.5 Å². The molecule has 0 atom stereocenters. The third-order valence-corrected chi connectivity index (χ3v) is 4.02. The van der Waals surface area contributed by atoms with Crippen LogP contribution in [0.3, 0.4) is 0 Å². The van der Waals surface area contributed by atoms with Crippen LogP contribution in [0.25, 0.3) is 11.0 Å². The van der Waals surface area contributed by atoms with Gasteiger partial charge in [0.05, 0.1) is 17.0 Å². The van der Waals surface area contributed by atoms with Crippen molar-refractivity contribution in [2.24, 2.45) is 0 Å². The Hall–Kier alpha value is -2.23. The number of fused-ring (bicyclic) bond motifs is 1. The van der Waals surface area contributed by atoms with E-state index in [0.29, 0.717) is 0 Å². The predicted octanol–water partition coefficient (Wildman–Crippen LogP) is 1.13. The molecule has 118 valence electrons. The molecule has 0 aliphatic rings. The Morgan fingerprint density at radius 2 is 2.00 bits per heavy atom. The van der Waals surface area contributed by atoms with Gasteiger partial charge in [0, 0.05) is 0 Å². The van der Waals surface area contributed by atoms with E-state index in [1.54, 1.807) is 6.92 Å². The lowest BCUT2D eigenvalue weighted by Crippen LogP contribution is -2.12. The van der Waals surface area contributed by atoms with Crippen LogP contribution in [0.5, 0.6) is 0 Å². The number of carbonyl (C=O) groups excluding carboxylic acids is 1. The predicted molar refractivity (Wildman–Crippen MR) is 70.9 cm³/mol. The van der Waals surface area contributed by atoms with E-state index in [2.05, 4.69) is 15.2 Å². The number of halogens is 2. The topological polar surface area (TPSA) is 99.1 Å². The first-order valence-electron chi connectivity index (χ1n) is 6.15. The molecule has 0 spiro atoms. The lowest BCUT2D eigenvalue weighted by Gasteiger charge is -2.05. The van der Waals surface area contributed by atoms with Gasteiger partial charge in [0.1, 0.15) is 11.9 Å². The Morgan fingerprint density at radius 1 is 1.27 bits per heavy atom.